The average molecular weight is 406 g/mol. The number of nitrogens with zero attached hydrogens (tertiary/aromatic N) is 3. The van der Waals surface area contributed by atoms with Gasteiger partial charge in [0.15, 0.2) is 11.5 Å². The number of hydrogen-bond donors (Lipinski definition) is 1. The van der Waals surface area contributed by atoms with Crippen molar-refractivity contribution >= 4 is 17.0 Å². The molecule has 0 aliphatic carbocycles. The van der Waals surface area contributed by atoms with Gasteiger partial charge in [-0.2, -0.15) is 5.10 Å². The van der Waals surface area contributed by atoms with Gasteiger partial charge in [-0.25, -0.2) is 9.37 Å². The number of hydrogen-bond acceptors (Lipinski definition) is 4. The molecule has 0 atom stereocenters. The van der Waals surface area contributed by atoms with Crippen molar-refractivity contribution in [3.05, 3.63) is 82.3 Å². The number of oxazole rings is 1. The first-order valence-electron chi connectivity index (χ1n) is 9.90. The van der Waals surface area contributed by atoms with Gasteiger partial charge in [-0.1, -0.05) is 18.2 Å². The standard InChI is InChI=1S/C23H23FN4O2/c1-4-28-15(3)18(14(2)27-28)13-25-23(29)17-9-10-20-21(11-17)30-22(26-20)12-16-7-5-6-8-19(16)24/h5-11H,4,12-13H2,1-3H3,(H,25,29). The highest BCUT2D eigenvalue weighted by molar-refractivity contribution is 5.97. The Morgan fingerprint density at radius 2 is 2.00 bits per heavy atom. The Hall–Kier alpha value is -3.48. The van der Waals surface area contributed by atoms with E-state index in [1.165, 1.54) is 6.07 Å². The van der Waals surface area contributed by atoms with Gasteiger partial charge in [0, 0.05) is 29.9 Å². The molecule has 0 saturated heterocycles. The number of carbonyl (C=O) groups excluding carboxylic acids is 1. The maximum absolute atomic E-state index is 13.9. The van der Waals surface area contributed by atoms with E-state index in [9.17, 15) is 9.18 Å². The van der Waals surface area contributed by atoms with Crippen LogP contribution in [0, 0.1) is 19.7 Å². The zero-order valence-corrected chi connectivity index (χ0v) is 17.2. The second-order valence-corrected chi connectivity index (χ2v) is 7.21. The van der Waals surface area contributed by atoms with Crippen LogP contribution in [0.1, 0.15) is 45.7 Å². The van der Waals surface area contributed by atoms with Gasteiger partial charge in [0.25, 0.3) is 5.91 Å². The van der Waals surface area contributed by atoms with E-state index in [1.54, 1.807) is 36.4 Å². The number of amides is 1. The summed E-state index contributed by atoms with van der Waals surface area (Å²) in [5.41, 5.74) is 5.12. The van der Waals surface area contributed by atoms with Crippen molar-refractivity contribution in [2.24, 2.45) is 0 Å². The van der Waals surface area contributed by atoms with Crippen LogP contribution in [0.4, 0.5) is 4.39 Å². The quantitative estimate of drug-likeness (QED) is 0.518. The van der Waals surface area contributed by atoms with E-state index in [0.29, 0.717) is 34.7 Å². The molecule has 30 heavy (non-hydrogen) atoms. The maximum atomic E-state index is 13.9. The van der Waals surface area contributed by atoms with E-state index in [0.717, 1.165) is 23.5 Å². The van der Waals surface area contributed by atoms with Crippen molar-refractivity contribution in [1.82, 2.24) is 20.1 Å². The SMILES string of the molecule is CCn1nc(C)c(CNC(=O)c2ccc3nc(Cc4ccccc4F)oc3c2)c1C. The minimum Gasteiger partial charge on any atom is -0.440 e. The lowest BCUT2D eigenvalue weighted by Crippen LogP contribution is -2.23. The van der Waals surface area contributed by atoms with E-state index < -0.39 is 0 Å². The molecule has 2 heterocycles. The molecule has 4 aromatic rings. The number of benzene rings is 2. The molecule has 1 amide bonds. The van der Waals surface area contributed by atoms with E-state index in [2.05, 4.69) is 15.4 Å². The lowest BCUT2D eigenvalue weighted by molar-refractivity contribution is 0.0951. The number of aromatic nitrogens is 3. The summed E-state index contributed by atoms with van der Waals surface area (Å²) in [5.74, 6) is -0.0882. The minimum atomic E-state index is -0.295. The third kappa shape index (κ3) is 3.83. The largest absolute Gasteiger partial charge is 0.440 e. The summed E-state index contributed by atoms with van der Waals surface area (Å²) < 4.78 is 21.6. The van der Waals surface area contributed by atoms with Crippen LogP contribution in [0.2, 0.25) is 0 Å². The molecular formula is C23H23FN4O2. The molecule has 0 saturated carbocycles. The van der Waals surface area contributed by atoms with E-state index in [1.807, 2.05) is 25.5 Å². The second-order valence-electron chi connectivity index (χ2n) is 7.21. The van der Waals surface area contributed by atoms with Crippen molar-refractivity contribution < 1.29 is 13.6 Å². The van der Waals surface area contributed by atoms with Crippen LogP contribution in [-0.4, -0.2) is 20.7 Å². The van der Waals surface area contributed by atoms with Crippen molar-refractivity contribution in [2.75, 3.05) is 0 Å². The van der Waals surface area contributed by atoms with Crippen LogP contribution >= 0.6 is 0 Å². The van der Waals surface area contributed by atoms with Crippen LogP contribution < -0.4 is 5.32 Å². The Morgan fingerprint density at radius 1 is 1.20 bits per heavy atom. The van der Waals surface area contributed by atoms with Gasteiger partial charge in [0.05, 0.1) is 12.1 Å². The fourth-order valence-corrected chi connectivity index (χ4v) is 3.56. The molecule has 154 valence electrons. The predicted octanol–water partition coefficient (Wildman–Crippen LogP) is 4.32. The molecule has 0 fully saturated rings. The molecule has 0 aliphatic heterocycles. The van der Waals surface area contributed by atoms with Crippen LogP contribution in [0.3, 0.4) is 0 Å². The molecule has 7 heteroatoms. The van der Waals surface area contributed by atoms with Gasteiger partial charge in [0.2, 0.25) is 0 Å². The summed E-state index contributed by atoms with van der Waals surface area (Å²) in [6, 6.07) is 11.6. The summed E-state index contributed by atoms with van der Waals surface area (Å²) in [5, 5.41) is 7.43. The van der Waals surface area contributed by atoms with Crippen molar-refractivity contribution in [1.29, 1.82) is 0 Å². The molecule has 4 rings (SSSR count). The highest BCUT2D eigenvalue weighted by Gasteiger charge is 2.15. The molecule has 1 N–H and O–H groups in total. The van der Waals surface area contributed by atoms with Gasteiger partial charge in [-0.05, 0) is 50.6 Å². The van der Waals surface area contributed by atoms with E-state index in [4.69, 9.17) is 4.42 Å². The van der Waals surface area contributed by atoms with Gasteiger partial charge in [0.1, 0.15) is 11.3 Å². The predicted molar refractivity (Wildman–Crippen MR) is 112 cm³/mol. The number of carbonyl (C=O) groups is 1. The summed E-state index contributed by atoms with van der Waals surface area (Å²) in [6.45, 7) is 7.18. The molecule has 0 bridgehead atoms. The summed E-state index contributed by atoms with van der Waals surface area (Å²) in [4.78, 5) is 17.1. The number of rotatable bonds is 6. The first-order valence-corrected chi connectivity index (χ1v) is 9.90. The average Bonchev–Trinajstić information content (AvgIpc) is 3.26. The number of nitrogens with one attached hydrogen (secondary N) is 1. The zero-order valence-electron chi connectivity index (χ0n) is 17.2. The lowest BCUT2D eigenvalue weighted by Gasteiger charge is -2.06. The van der Waals surface area contributed by atoms with Gasteiger partial charge in [-0.3, -0.25) is 9.48 Å². The summed E-state index contributed by atoms with van der Waals surface area (Å²) in [7, 11) is 0. The second kappa shape index (κ2) is 8.10. The highest BCUT2D eigenvalue weighted by Crippen LogP contribution is 2.21. The molecule has 0 aliphatic rings. The highest BCUT2D eigenvalue weighted by atomic mass is 19.1. The van der Waals surface area contributed by atoms with Crippen LogP contribution in [0.15, 0.2) is 46.9 Å². The Bertz CT molecular complexity index is 1230. The zero-order chi connectivity index (χ0) is 21.3. The lowest BCUT2D eigenvalue weighted by atomic mass is 10.1. The molecule has 2 aromatic carbocycles. The van der Waals surface area contributed by atoms with Gasteiger partial charge >= 0.3 is 0 Å². The number of fused-ring (bicyclic) bond motifs is 1. The van der Waals surface area contributed by atoms with E-state index in [-0.39, 0.29) is 18.1 Å². The molecular weight excluding hydrogens is 383 g/mol. The van der Waals surface area contributed by atoms with Gasteiger partial charge < -0.3 is 9.73 Å². The topological polar surface area (TPSA) is 73.0 Å². The van der Waals surface area contributed by atoms with E-state index >= 15 is 0 Å². The molecule has 0 unspecified atom stereocenters. The normalized spacial score (nSPS) is 11.2. The summed E-state index contributed by atoms with van der Waals surface area (Å²) in [6.07, 6.45) is 0.253. The first-order chi connectivity index (χ1) is 14.5. The van der Waals surface area contributed by atoms with Crippen molar-refractivity contribution in [3.63, 3.8) is 0 Å². The molecule has 2 aromatic heterocycles. The first kappa shape index (κ1) is 19.8. The fraction of sp³-hybridized carbons (Fsp3) is 0.261. The Kier molecular flexibility index (Phi) is 5.35. The van der Waals surface area contributed by atoms with Crippen molar-refractivity contribution in [2.45, 2.75) is 40.3 Å². The molecule has 0 radical (unpaired) electrons. The number of aryl methyl sites for hydroxylation is 2. The fourth-order valence-electron chi connectivity index (χ4n) is 3.56. The maximum Gasteiger partial charge on any atom is 0.251 e. The van der Waals surface area contributed by atoms with Crippen LogP contribution in [0.5, 0.6) is 0 Å². The Labute approximate surface area is 173 Å². The smallest absolute Gasteiger partial charge is 0.251 e. The third-order valence-electron chi connectivity index (χ3n) is 5.25. The summed E-state index contributed by atoms with van der Waals surface area (Å²) >= 11 is 0. The Morgan fingerprint density at radius 3 is 2.73 bits per heavy atom. The molecule has 0 spiro atoms. The minimum absolute atomic E-state index is 0.202. The molecule has 6 nitrogen and oxygen atoms in total. The monoisotopic (exact) mass is 406 g/mol. The Balaban J connectivity index is 1.50. The van der Waals surface area contributed by atoms with Crippen LogP contribution in [0.25, 0.3) is 11.1 Å². The van der Waals surface area contributed by atoms with Crippen LogP contribution in [-0.2, 0) is 19.5 Å². The number of halogens is 1. The van der Waals surface area contributed by atoms with Crippen molar-refractivity contribution in [3.8, 4) is 0 Å². The third-order valence-corrected chi connectivity index (χ3v) is 5.25. The van der Waals surface area contributed by atoms with Gasteiger partial charge in [-0.15, -0.1) is 0 Å².